The van der Waals surface area contributed by atoms with Crippen LogP contribution < -0.4 is 0 Å². The van der Waals surface area contributed by atoms with E-state index in [1.54, 1.807) is 12.3 Å². The quantitative estimate of drug-likeness (QED) is 0.674. The van der Waals surface area contributed by atoms with E-state index in [1.807, 2.05) is 0 Å². The molecular formula is C14H16FO. The Hall–Kier alpha value is -1.31. The first kappa shape index (κ1) is 11.2. The molecule has 16 heavy (non-hydrogen) atoms. The molecule has 0 N–H and O–H groups in total. The van der Waals surface area contributed by atoms with Crippen molar-refractivity contribution in [1.82, 2.24) is 0 Å². The van der Waals surface area contributed by atoms with Gasteiger partial charge in [-0.05, 0) is 30.5 Å². The normalized spacial score (nSPS) is 11.1. The number of fused-ring (bicyclic) bond motifs is 1. The SMILES string of the molecule is [CH2]CCCCCc1coc2cc(F)ccc12. The van der Waals surface area contributed by atoms with Crippen LogP contribution in [0.1, 0.15) is 31.2 Å². The summed E-state index contributed by atoms with van der Waals surface area (Å²) in [6.45, 7) is 3.82. The number of hydrogen-bond donors (Lipinski definition) is 0. The maximum absolute atomic E-state index is 12.9. The molecule has 0 aliphatic carbocycles. The third-order valence-electron chi connectivity index (χ3n) is 2.81. The average molecular weight is 219 g/mol. The highest BCUT2D eigenvalue weighted by Gasteiger charge is 2.06. The van der Waals surface area contributed by atoms with Gasteiger partial charge < -0.3 is 4.42 Å². The third kappa shape index (κ3) is 2.43. The van der Waals surface area contributed by atoms with Gasteiger partial charge >= 0.3 is 0 Å². The van der Waals surface area contributed by atoms with Crippen molar-refractivity contribution in [2.45, 2.75) is 32.1 Å². The molecule has 0 saturated heterocycles. The Morgan fingerprint density at radius 2 is 2.06 bits per heavy atom. The standard InChI is InChI=1S/C14H16FO/c1-2-3-4-5-6-11-10-16-14-9-12(15)7-8-13(11)14/h7-10H,1-6H2. The van der Waals surface area contributed by atoms with Crippen molar-refractivity contribution in [3.05, 3.63) is 42.8 Å². The fourth-order valence-corrected chi connectivity index (χ4v) is 1.92. The Morgan fingerprint density at radius 3 is 2.88 bits per heavy atom. The minimum atomic E-state index is -0.245. The van der Waals surface area contributed by atoms with E-state index in [0.717, 1.165) is 24.6 Å². The fourth-order valence-electron chi connectivity index (χ4n) is 1.92. The van der Waals surface area contributed by atoms with E-state index in [0.29, 0.717) is 5.58 Å². The molecule has 0 saturated carbocycles. The number of hydrogen-bond acceptors (Lipinski definition) is 1. The van der Waals surface area contributed by atoms with E-state index in [2.05, 4.69) is 6.92 Å². The molecule has 1 heterocycles. The number of furan rings is 1. The zero-order valence-corrected chi connectivity index (χ0v) is 9.34. The largest absolute Gasteiger partial charge is 0.464 e. The molecule has 0 amide bonds. The Balaban J connectivity index is 2.07. The lowest BCUT2D eigenvalue weighted by molar-refractivity contribution is 0.593. The van der Waals surface area contributed by atoms with Gasteiger partial charge in [0.25, 0.3) is 0 Å². The van der Waals surface area contributed by atoms with Crippen LogP contribution in [0.2, 0.25) is 0 Å². The van der Waals surface area contributed by atoms with E-state index < -0.39 is 0 Å². The molecule has 1 radical (unpaired) electrons. The van der Waals surface area contributed by atoms with E-state index in [1.165, 1.54) is 30.5 Å². The van der Waals surface area contributed by atoms with Crippen molar-refractivity contribution >= 4 is 11.0 Å². The van der Waals surface area contributed by atoms with Crippen molar-refractivity contribution in [3.63, 3.8) is 0 Å². The molecule has 0 fully saturated rings. The van der Waals surface area contributed by atoms with Gasteiger partial charge in [0.1, 0.15) is 11.4 Å². The molecule has 1 nitrogen and oxygen atoms in total. The monoisotopic (exact) mass is 219 g/mol. The molecule has 1 aromatic carbocycles. The van der Waals surface area contributed by atoms with Gasteiger partial charge in [0.2, 0.25) is 0 Å². The van der Waals surface area contributed by atoms with Crippen molar-refractivity contribution in [1.29, 1.82) is 0 Å². The molecule has 0 atom stereocenters. The molecular weight excluding hydrogens is 203 g/mol. The molecule has 2 aromatic rings. The van der Waals surface area contributed by atoms with Crippen LogP contribution in [-0.2, 0) is 6.42 Å². The molecule has 0 aliphatic rings. The van der Waals surface area contributed by atoms with E-state index in [-0.39, 0.29) is 5.82 Å². The van der Waals surface area contributed by atoms with E-state index in [9.17, 15) is 4.39 Å². The predicted molar refractivity (Wildman–Crippen MR) is 63.7 cm³/mol. The Labute approximate surface area is 95.3 Å². The Kier molecular flexibility index (Phi) is 3.60. The molecule has 0 aliphatic heterocycles. The van der Waals surface area contributed by atoms with Crippen molar-refractivity contribution in [2.24, 2.45) is 0 Å². The summed E-state index contributed by atoms with van der Waals surface area (Å²) in [7, 11) is 0. The number of halogens is 1. The summed E-state index contributed by atoms with van der Waals surface area (Å²) in [4.78, 5) is 0. The Morgan fingerprint density at radius 1 is 1.19 bits per heavy atom. The number of rotatable bonds is 5. The van der Waals surface area contributed by atoms with E-state index in [4.69, 9.17) is 4.42 Å². The number of unbranched alkanes of at least 4 members (excludes halogenated alkanes) is 3. The summed E-state index contributed by atoms with van der Waals surface area (Å²) in [6.07, 6.45) is 7.24. The van der Waals surface area contributed by atoms with Crippen LogP contribution in [0.5, 0.6) is 0 Å². The number of aryl methyl sites for hydroxylation is 1. The first-order valence-corrected chi connectivity index (χ1v) is 5.76. The molecule has 2 rings (SSSR count). The topological polar surface area (TPSA) is 13.1 Å². The van der Waals surface area contributed by atoms with Gasteiger partial charge in [-0.3, -0.25) is 0 Å². The summed E-state index contributed by atoms with van der Waals surface area (Å²) >= 11 is 0. The first-order chi connectivity index (χ1) is 7.81. The predicted octanol–water partition coefficient (Wildman–Crippen LogP) is 4.51. The van der Waals surface area contributed by atoms with Gasteiger partial charge in [-0.25, -0.2) is 4.39 Å². The van der Waals surface area contributed by atoms with Gasteiger partial charge in [-0.15, -0.1) is 0 Å². The van der Waals surface area contributed by atoms with Gasteiger partial charge in [0.05, 0.1) is 6.26 Å². The summed E-state index contributed by atoms with van der Waals surface area (Å²) in [5, 5.41) is 1.04. The van der Waals surface area contributed by atoms with Crippen LogP contribution in [0.3, 0.4) is 0 Å². The lowest BCUT2D eigenvalue weighted by atomic mass is 10.1. The summed E-state index contributed by atoms with van der Waals surface area (Å²) < 4.78 is 18.3. The maximum Gasteiger partial charge on any atom is 0.137 e. The van der Waals surface area contributed by atoms with Crippen molar-refractivity contribution in [2.75, 3.05) is 0 Å². The minimum absolute atomic E-state index is 0.245. The van der Waals surface area contributed by atoms with Gasteiger partial charge in [-0.1, -0.05) is 26.2 Å². The van der Waals surface area contributed by atoms with Crippen LogP contribution in [0.4, 0.5) is 4.39 Å². The van der Waals surface area contributed by atoms with Crippen molar-refractivity contribution in [3.8, 4) is 0 Å². The second-order valence-electron chi connectivity index (χ2n) is 4.07. The van der Waals surface area contributed by atoms with E-state index >= 15 is 0 Å². The smallest absolute Gasteiger partial charge is 0.137 e. The first-order valence-electron chi connectivity index (χ1n) is 5.76. The fraction of sp³-hybridized carbons (Fsp3) is 0.357. The van der Waals surface area contributed by atoms with Gasteiger partial charge in [0.15, 0.2) is 0 Å². The Bertz CT molecular complexity index is 459. The molecule has 2 heteroatoms. The summed E-state index contributed by atoms with van der Waals surface area (Å²) in [5.74, 6) is -0.245. The van der Waals surface area contributed by atoms with Crippen LogP contribution >= 0.6 is 0 Å². The van der Waals surface area contributed by atoms with Gasteiger partial charge in [0, 0.05) is 11.5 Å². The summed E-state index contributed by atoms with van der Waals surface area (Å²) in [5.41, 5.74) is 1.83. The van der Waals surface area contributed by atoms with Crippen LogP contribution in [-0.4, -0.2) is 0 Å². The molecule has 0 spiro atoms. The van der Waals surface area contributed by atoms with Crippen molar-refractivity contribution < 1.29 is 8.81 Å². The minimum Gasteiger partial charge on any atom is -0.464 e. The van der Waals surface area contributed by atoms with Crippen LogP contribution in [0, 0.1) is 12.7 Å². The summed E-state index contributed by atoms with van der Waals surface area (Å²) in [6, 6.07) is 4.72. The lowest BCUT2D eigenvalue weighted by Gasteiger charge is -1.98. The van der Waals surface area contributed by atoms with Gasteiger partial charge in [-0.2, -0.15) is 0 Å². The number of benzene rings is 1. The highest BCUT2D eigenvalue weighted by atomic mass is 19.1. The molecule has 0 unspecified atom stereocenters. The second-order valence-corrected chi connectivity index (χ2v) is 4.07. The highest BCUT2D eigenvalue weighted by Crippen LogP contribution is 2.23. The maximum atomic E-state index is 12.9. The third-order valence-corrected chi connectivity index (χ3v) is 2.81. The zero-order valence-electron chi connectivity index (χ0n) is 9.34. The zero-order chi connectivity index (χ0) is 11.4. The van der Waals surface area contributed by atoms with Crippen LogP contribution in [0.15, 0.2) is 28.9 Å². The average Bonchev–Trinajstić information content (AvgIpc) is 2.67. The lowest BCUT2D eigenvalue weighted by Crippen LogP contribution is -1.84. The molecule has 1 aromatic heterocycles. The van der Waals surface area contributed by atoms with Crippen LogP contribution in [0.25, 0.3) is 11.0 Å². The molecule has 85 valence electrons. The molecule has 0 bridgehead atoms. The second kappa shape index (κ2) is 5.15. The highest BCUT2D eigenvalue weighted by molar-refractivity contribution is 5.80.